The van der Waals surface area contributed by atoms with E-state index in [-0.39, 0.29) is 39.9 Å². The standard InChI is InChI=1S/C14H12N6O.Ag.NO3/c1-9-6-13(21)19-20-14(9)10-2-4-11(5-3-10)17-18-12(7-15)8-16;;2-1(3)4/h2-5,9,17H,6H2,1H3,(H,19,21);;/q;+1;-1. The molecule has 1 aromatic carbocycles. The largest absolute Gasteiger partial charge is 1.00 e. The van der Waals surface area contributed by atoms with E-state index in [4.69, 9.17) is 25.8 Å². The van der Waals surface area contributed by atoms with Crippen LogP contribution in [0.4, 0.5) is 5.69 Å². The molecule has 0 radical (unpaired) electrons. The Kier molecular flexibility index (Phi) is 9.91. The van der Waals surface area contributed by atoms with Crippen LogP contribution < -0.4 is 10.9 Å². The summed E-state index contributed by atoms with van der Waals surface area (Å²) in [6, 6.07) is 10.5. The first-order valence-corrected chi connectivity index (χ1v) is 6.79. The molecule has 0 fully saturated rings. The van der Waals surface area contributed by atoms with Gasteiger partial charge in [-0.1, -0.05) is 19.1 Å². The minimum absolute atomic E-state index is 0. The van der Waals surface area contributed by atoms with Crippen molar-refractivity contribution in [3.63, 3.8) is 0 Å². The van der Waals surface area contributed by atoms with Crippen molar-refractivity contribution in [2.75, 3.05) is 5.43 Å². The van der Waals surface area contributed by atoms with Crippen LogP contribution in [0.1, 0.15) is 18.9 Å². The van der Waals surface area contributed by atoms with Crippen molar-refractivity contribution in [3.8, 4) is 12.1 Å². The van der Waals surface area contributed by atoms with Gasteiger partial charge in [-0.05, 0) is 17.7 Å². The Morgan fingerprint density at radius 1 is 1.35 bits per heavy atom. The summed E-state index contributed by atoms with van der Waals surface area (Å²) in [5.74, 6) is -0.0289. The SMILES string of the molecule is CC1CC(=O)NN=C1c1ccc(NN=C(C#N)C#N)cc1.O=[N+]([O-])[O-].[Ag+]. The summed E-state index contributed by atoms with van der Waals surface area (Å²) in [5.41, 5.74) is 7.22. The Hall–Kier alpha value is -3.25. The van der Waals surface area contributed by atoms with E-state index in [1.807, 2.05) is 19.1 Å². The number of nitriles is 2. The summed E-state index contributed by atoms with van der Waals surface area (Å²) in [7, 11) is 0. The molecule has 138 valence electrons. The minimum Gasteiger partial charge on any atom is -0.356 e. The molecule has 1 aliphatic rings. The number of anilines is 1. The van der Waals surface area contributed by atoms with E-state index in [9.17, 15) is 4.79 Å². The molecule has 1 amide bonds. The average Bonchev–Trinajstić information content (AvgIpc) is 2.56. The molecule has 1 heterocycles. The van der Waals surface area contributed by atoms with Crippen LogP contribution in [0.2, 0.25) is 0 Å². The molecule has 1 unspecified atom stereocenters. The second-order valence-corrected chi connectivity index (χ2v) is 4.73. The number of nitrogens with one attached hydrogen (secondary N) is 2. The van der Waals surface area contributed by atoms with Crippen LogP contribution in [0.5, 0.6) is 0 Å². The van der Waals surface area contributed by atoms with Crippen LogP contribution in [-0.2, 0) is 27.2 Å². The zero-order chi connectivity index (χ0) is 18.8. The number of carbonyl (C=O) groups is 1. The first-order valence-electron chi connectivity index (χ1n) is 6.79. The molecule has 11 nitrogen and oxygen atoms in total. The second kappa shape index (κ2) is 11.3. The number of hydrazone groups is 2. The summed E-state index contributed by atoms with van der Waals surface area (Å²) >= 11 is 0. The van der Waals surface area contributed by atoms with Crippen LogP contribution >= 0.6 is 0 Å². The van der Waals surface area contributed by atoms with Crippen molar-refractivity contribution in [1.29, 1.82) is 10.5 Å². The van der Waals surface area contributed by atoms with Crippen LogP contribution in [0.25, 0.3) is 0 Å². The predicted octanol–water partition coefficient (Wildman–Crippen LogP) is 1.12. The van der Waals surface area contributed by atoms with Crippen molar-refractivity contribution < 1.29 is 32.3 Å². The molecule has 1 aromatic rings. The maximum absolute atomic E-state index is 11.2. The normalized spacial score (nSPS) is 14.5. The molecule has 0 spiro atoms. The van der Waals surface area contributed by atoms with Gasteiger partial charge >= 0.3 is 22.4 Å². The molecular formula is C14H12AgN7O4. The van der Waals surface area contributed by atoms with Gasteiger partial charge in [0.2, 0.25) is 11.6 Å². The predicted molar refractivity (Wildman–Crippen MR) is 87.5 cm³/mol. The van der Waals surface area contributed by atoms with Gasteiger partial charge in [0.05, 0.1) is 16.5 Å². The zero-order valence-corrected chi connectivity index (χ0v) is 14.7. The summed E-state index contributed by atoms with van der Waals surface area (Å²) in [6.45, 7) is 1.94. The number of rotatable bonds is 3. The van der Waals surface area contributed by atoms with Gasteiger partial charge in [-0.15, -0.1) is 0 Å². The summed E-state index contributed by atoms with van der Waals surface area (Å²) in [4.78, 5) is 19.5. The second-order valence-electron chi connectivity index (χ2n) is 4.73. The van der Waals surface area contributed by atoms with Gasteiger partial charge in [0.1, 0.15) is 12.1 Å². The molecule has 0 bridgehead atoms. The number of benzene rings is 1. The maximum Gasteiger partial charge on any atom is 1.00 e. The molecule has 0 saturated heterocycles. The van der Waals surface area contributed by atoms with Crippen LogP contribution in [-0.4, -0.2) is 22.4 Å². The molecule has 2 rings (SSSR count). The Balaban J connectivity index is 0.00000113. The Morgan fingerprint density at radius 3 is 2.35 bits per heavy atom. The maximum atomic E-state index is 11.2. The van der Waals surface area contributed by atoms with E-state index in [1.165, 1.54) is 0 Å². The molecule has 1 atom stereocenters. The van der Waals surface area contributed by atoms with Crippen molar-refractivity contribution in [1.82, 2.24) is 5.43 Å². The Labute approximate surface area is 163 Å². The molecule has 0 saturated carbocycles. The van der Waals surface area contributed by atoms with Crippen LogP contribution in [0.15, 0.2) is 34.5 Å². The summed E-state index contributed by atoms with van der Waals surface area (Å²) in [6.07, 6.45) is 0.414. The third kappa shape index (κ3) is 7.55. The van der Waals surface area contributed by atoms with Gasteiger partial charge in [0.25, 0.3) is 0 Å². The molecule has 2 N–H and O–H groups in total. The number of hydrogen-bond donors (Lipinski definition) is 2. The Morgan fingerprint density at radius 2 is 1.88 bits per heavy atom. The van der Waals surface area contributed by atoms with Crippen molar-refractivity contribution in [2.24, 2.45) is 16.1 Å². The Bertz CT molecular complexity index is 773. The van der Waals surface area contributed by atoms with E-state index in [1.54, 1.807) is 24.3 Å². The first kappa shape index (κ1) is 22.8. The van der Waals surface area contributed by atoms with Gasteiger partial charge in [-0.2, -0.15) is 20.7 Å². The number of carbonyl (C=O) groups excluding carboxylic acids is 1. The average molecular weight is 450 g/mol. The van der Waals surface area contributed by atoms with E-state index >= 15 is 0 Å². The van der Waals surface area contributed by atoms with E-state index in [0.717, 1.165) is 11.3 Å². The van der Waals surface area contributed by atoms with Crippen molar-refractivity contribution in [2.45, 2.75) is 13.3 Å². The quantitative estimate of drug-likeness (QED) is 0.300. The monoisotopic (exact) mass is 449 g/mol. The first-order chi connectivity index (χ1) is 11.9. The topological polar surface area (TPSA) is 180 Å². The van der Waals surface area contributed by atoms with Gasteiger partial charge < -0.3 is 15.3 Å². The zero-order valence-electron chi connectivity index (χ0n) is 13.3. The number of amides is 1. The van der Waals surface area contributed by atoms with Gasteiger partial charge in [0, 0.05) is 12.3 Å². The third-order valence-electron chi connectivity index (χ3n) is 2.95. The molecule has 1 aliphatic heterocycles. The number of hydrogen-bond acceptors (Lipinski definition) is 9. The molecule has 0 aromatic heterocycles. The molecule has 26 heavy (non-hydrogen) atoms. The van der Waals surface area contributed by atoms with E-state index in [0.29, 0.717) is 12.1 Å². The van der Waals surface area contributed by atoms with Crippen molar-refractivity contribution in [3.05, 3.63) is 45.2 Å². The summed E-state index contributed by atoms with van der Waals surface area (Å²) < 4.78 is 0. The third-order valence-corrected chi connectivity index (χ3v) is 2.95. The fourth-order valence-electron chi connectivity index (χ4n) is 1.91. The van der Waals surface area contributed by atoms with E-state index in [2.05, 4.69) is 21.1 Å². The minimum atomic E-state index is -1.75. The summed E-state index contributed by atoms with van der Waals surface area (Å²) in [5, 5.41) is 39.6. The molecular weight excluding hydrogens is 438 g/mol. The van der Waals surface area contributed by atoms with E-state index < -0.39 is 5.09 Å². The van der Waals surface area contributed by atoms with Crippen LogP contribution in [0, 0.1) is 43.9 Å². The number of nitrogens with zero attached hydrogens (tertiary/aromatic N) is 5. The van der Waals surface area contributed by atoms with Crippen LogP contribution in [0.3, 0.4) is 0 Å². The van der Waals surface area contributed by atoms with Gasteiger partial charge in [0.15, 0.2) is 0 Å². The molecule has 12 heteroatoms. The smallest absolute Gasteiger partial charge is 0.356 e. The van der Waals surface area contributed by atoms with Crippen molar-refractivity contribution >= 4 is 23.0 Å². The fourth-order valence-corrected chi connectivity index (χ4v) is 1.91. The van der Waals surface area contributed by atoms with Gasteiger partial charge in [-0.3, -0.25) is 10.2 Å². The van der Waals surface area contributed by atoms with Gasteiger partial charge in [-0.25, -0.2) is 5.43 Å². The molecule has 0 aliphatic carbocycles. The fraction of sp³-hybridized carbons (Fsp3) is 0.214.